The number of para-hydroxylation sites is 1. The van der Waals surface area contributed by atoms with Crippen LogP contribution in [0.25, 0.3) is 0 Å². The maximum atomic E-state index is 12.3. The number of aromatic nitrogens is 1. The molecular weight excluding hydrogens is 322 g/mol. The number of pyridine rings is 1. The fourth-order valence-corrected chi connectivity index (χ4v) is 3.53. The van der Waals surface area contributed by atoms with E-state index in [0.717, 1.165) is 29.7 Å². The van der Waals surface area contributed by atoms with Crippen molar-refractivity contribution in [2.75, 3.05) is 11.1 Å². The number of hydrogen-bond acceptors (Lipinski definition) is 4. The van der Waals surface area contributed by atoms with Crippen LogP contribution in [0.3, 0.4) is 0 Å². The Morgan fingerprint density at radius 2 is 2.17 bits per heavy atom. The van der Waals surface area contributed by atoms with E-state index in [1.165, 1.54) is 11.8 Å². The van der Waals surface area contributed by atoms with Crippen LogP contribution in [-0.4, -0.2) is 27.8 Å². The minimum atomic E-state index is -0.207. The van der Waals surface area contributed by atoms with Crippen molar-refractivity contribution in [2.24, 2.45) is 0 Å². The van der Waals surface area contributed by atoms with Gasteiger partial charge in [0.25, 0.3) is 0 Å². The van der Waals surface area contributed by atoms with Crippen molar-refractivity contribution in [3.05, 3.63) is 59.9 Å². The van der Waals surface area contributed by atoms with Gasteiger partial charge in [-0.25, -0.2) is 0 Å². The first-order valence-electron chi connectivity index (χ1n) is 7.88. The third-order valence-electron chi connectivity index (χ3n) is 3.87. The van der Waals surface area contributed by atoms with Gasteiger partial charge in [-0.3, -0.25) is 14.6 Å². The van der Waals surface area contributed by atoms with Crippen LogP contribution in [0.5, 0.6) is 0 Å². The fraction of sp³-hybridized carbons (Fsp3) is 0.278. The number of amides is 2. The molecule has 0 aliphatic carbocycles. The summed E-state index contributed by atoms with van der Waals surface area (Å²) in [7, 11) is 0. The topological polar surface area (TPSA) is 71.1 Å². The van der Waals surface area contributed by atoms with Crippen molar-refractivity contribution in [3.8, 4) is 0 Å². The molecule has 2 aromatic rings. The molecule has 1 atom stereocenters. The molecule has 0 saturated carbocycles. The largest absolute Gasteiger partial charge is 0.351 e. The molecule has 24 heavy (non-hydrogen) atoms. The molecule has 6 heteroatoms. The van der Waals surface area contributed by atoms with Crippen molar-refractivity contribution in [3.63, 3.8) is 0 Å². The van der Waals surface area contributed by atoms with Crippen LogP contribution < -0.4 is 10.6 Å². The van der Waals surface area contributed by atoms with E-state index in [4.69, 9.17) is 0 Å². The van der Waals surface area contributed by atoms with Gasteiger partial charge in [-0.2, -0.15) is 0 Å². The number of fused-ring (bicyclic) bond motifs is 1. The Labute approximate surface area is 145 Å². The first-order valence-corrected chi connectivity index (χ1v) is 8.93. The van der Waals surface area contributed by atoms with E-state index in [9.17, 15) is 9.59 Å². The normalized spacial score (nSPS) is 16.7. The van der Waals surface area contributed by atoms with Crippen LogP contribution in [-0.2, 0) is 22.6 Å². The summed E-state index contributed by atoms with van der Waals surface area (Å²) in [5.74, 6) is 0.178. The molecule has 5 nitrogen and oxygen atoms in total. The monoisotopic (exact) mass is 341 g/mol. The van der Waals surface area contributed by atoms with Crippen LogP contribution >= 0.6 is 11.8 Å². The summed E-state index contributed by atoms with van der Waals surface area (Å²) < 4.78 is 0. The van der Waals surface area contributed by atoms with E-state index < -0.39 is 0 Å². The number of carbonyl (C=O) groups is 2. The van der Waals surface area contributed by atoms with Crippen LogP contribution in [0.1, 0.15) is 17.5 Å². The van der Waals surface area contributed by atoms with Gasteiger partial charge < -0.3 is 10.6 Å². The Morgan fingerprint density at radius 3 is 3.00 bits per heavy atom. The predicted octanol–water partition coefficient (Wildman–Crippen LogP) is 2.38. The van der Waals surface area contributed by atoms with Gasteiger partial charge in [0.1, 0.15) is 0 Å². The lowest BCUT2D eigenvalue weighted by Gasteiger charge is -2.12. The van der Waals surface area contributed by atoms with Crippen LogP contribution in [0.2, 0.25) is 0 Å². The van der Waals surface area contributed by atoms with Gasteiger partial charge in [0.05, 0.1) is 11.0 Å². The average molecular weight is 341 g/mol. The number of nitrogens with one attached hydrogen (secondary N) is 2. The zero-order chi connectivity index (χ0) is 16.8. The van der Waals surface area contributed by atoms with Crippen LogP contribution in [0.15, 0.2) is 48.8 Å². The molecule has 0 bridgehead atoms. The lowest BCUT2D eigenvalue weighted by Crippen LogP contribution is -2.29. The third-order valence-corrected chi connectivity index (χ3v) is 5.15. The summed E-state index contributed by atoms with van der Waals surface area (Å²) in [6.07, 6.45) is 5.00. The first-order chi connectivity index (χ1) is 11.7. The Morgan fingerprint density at radius 1 is 1.29 bits per heavy atom. The molecule has 1 unspecified atom stereocenters. The molecule has 1 aliphatic rings. The molecule has 1 aliphatic heterocycles. The molecule has 1 aromatic heterocycles. The Kier molecular flexibility index (Phi) is 5.48. The van der Waals surface area contributed by atoms with Crippen molar-refractivity contribution in [2.45, 2.75) is 24.6 Å². The van der Waals surface area contributed by atoms with Gasteiger partial charge in [0, 0.05) is 24.6 Å². The molecule has 2 heterocycles. The minimum Gasteiger partial charge on any atom is -0.351 e. The molecule has 2 amide bonds. The second-order valence-corrected chi connectivity index (χ2v) is 6.81. The highest BCUT2D eigenvalue weighted by molar-refractivity contribution is 8.01. The molecule has 3 rings (SSSR count). The molecule has 124 valence electrons. The van der Waals surface area contributed by atoms with Gasteiger partial charge in [0.2, 0.25) is 11.8 Å². The highest BCUT2D eigenvalue weighted by Gasteiger charge is 2.24. The second kappa shape index (κ2) is 7.97. The van der Waals surface area contributed by atoms with Gasteiger partial charge in [0.15, 0.2) is 0 Å². The summed E-state index contributed by atoms with van der Waals surface area (Å²) in [4.78, 5) is 28.3. The molecule has 0 radical (unpaired) electrons. The highest BCUT2D eigenvalue weighted by atomic mass is 32.2. The Hall–Kier alpha value is -2.34. The van der Waals surface area contributed by atoms with Gasteiger partial charge >= 0.3 is 0 Å². The minimum absolute atomic E-state index is 0.0231. The Bertz CT molecular complexity index is 721. The number of hydrogen-bond donors (Lipinski definition) is 2. The standard InChI is InChI=1S/C18H19N3O2S/c22-17(20-11-13-4-3-9-19-10-13)12-24-16-8-7-14-5-1-2-6-15(14)21-18(16)23/h1-6,9-10,16H,7-8,11-12H2,(H,20,22)(H,21,23). The quantitative estimate of drug-likeness (QED) is 0.876. The van der Waals surface area contributed by atoms with Crippen molar-refractivity contribution < 1.29 is 9.59 Å². The summed E-state index contributed by atoms with van der Waals surface area (Å²) >= 11 is 1.39. The van der Waals surface area contributed by atoms with Gasteiger partial charge in [-0.15, -0.1) is 11.8 Å². The summed E-state index contributed by atoms with van der Waals surface area (Å²) in [6.45, 7) is 0.454. The predicted molar refractivity (Wildman–Crippen MR) is 95.7 cm³/mol. The van der Waals surface area contributed by atoms with Crippen molar-refractivity contribution in [1.82, 2.24) is 10.3 Å². The highest BCUT2D eigenvalue weighted by Crippen LogP contribution is 2.26. The van der Waals surface area contributed by atoms with E-state index in [1.807, 2.05) is 36.4 Å². The first kappa shape index (κ1) is 16.5. The molecule has 0 fully saturated rings. The average Bonchev–Trinajstić information content (AvgIpc) is 2.77. The number of thioether (sulfide) groups is 1. The number of aryl methyl sites for hydroxylation is 1. The van der Waals surface area contributed by atoms with E-state index in [1.54, 1.807) is 12.4 Å². The van der Waals surface area contributed by atoms with E-state index in [-0.39, 0.29) is 22.8 Å². The van der Waals surface area contributed by atoms with Gasteiger partial charge in [-0.1, -0.05) is 24.3 Å². The van der Waals surface area contributed by atoms with Gasteiger partial charge in [-0.05, 0) is 36.1 Å². The summed E-state index contributed by atoms with van der Waals surface area (Å²) in [5.41, 5.74) is 2.99. The smallest absolute Gasteiger partial charge is 0.237 e. The SMILES string of the molecule is O=C(CSC1CCc2ccccc2NC1=O)NCc1cccnc1. The lowest BCUT2D eigenvalue weighted by molar-refractivity contribution is -0.118. The number of benzene rings is 1. The Balaban J connectivity index is 1.48. The second-order valence-electron chi connectivity index (χ2n) is 5.62. The molecule has 0 spiro atoms. The number of rotatable bonds is 5. The summed E-state index contributed by atoms with van der Waals surface area (Å²) in [5, 5.41) is 5.60. The summed E-state index contributed by atoms with van der Waals surface area (Å²) in [6, 6.07) is 11.6. The van der Waals surface area contributed by atoms with Crippen molar-refractivity contribution >= 4 is 29.3 Å². The van der Waals surface area contributed by atoms with E-state index >= 15 is 0 Å². The maximum Gasteiger partial charge on any atom is 0.237 e. The molecule has 2 N–H and O–H groups in total. The van der Waals surface area contributed by atoms with Crippen LogP contribution in [0.4, 0.5) is 5.69 Å². The van der Waals surface area contributed by atoms with Crippen LogP contribution in [0, 0.1) is 0 Å². The fourth-order valence-electron chi connectivity index (χ4n) is 2.58. The molecular formula is C18H19N3O2S. The van der Waals surface area contributed by atoms with E-state index in [0.29, 0.717) is 6.54 Å². The zero-order valence-electron chi connectivity index (χ0n) is 13.2. The number of nitrogens with zero attached hydrogens (tertiary/aromatic N) is 1. The zero-order valence-corrected chi connectivity index (χ0v) is 14.0. The maximum absolute atomic E-state index is 12.3. The van der Waals surface area contributed by atoms with E-state index in [2.05, 4.69) is 15.6 Å². The number of anilines is 1. The molecule has 1 aromatic carbocycles. The van der Waals surface area contributed by atoms with Crippen molar-refractivity contribution in [1.29, 1.82) is 0 Å². The third kappa shape index (κ3) is 4.35. The molecule has 0 saturated heterocycles. The number of carbonyl (C=O) groups excluding carboxylic acids is 2. The lowest BCUT2D eigenvalue weighted by atomic mass is 10.1.